The number of nitrogens with one attached hydrogen (secondary N) is 1. The van der Waals surface area contributed by atoms with Crippen LogP contribution in [0, 0.1) is 0 Å². The van der Waals surface area contributed by atoms with Crippen LogP contribution in [-0.2, 0) is 11.3 Å². The number of benzene rings is 1. The lowest BCUT2D eigenvalue weighted by molar-refractivity contribution is -0.129. The highest BCUT2D eigenvalue weighted by Gasteiger charge is 2.32. The van der Waals surface area contributed by atoms with Crippen molar-refractivity contribution in [2.45, 2.75) is 31.3 Å². The van der Waals surface area contributed by atoms with Crippen LogP contribution in [-0.4, -0.2) is 41.2 Å². The Bertz CT molecular complexity index is 650. The molecule has 6 heteroatoms. The maximum atomic E-state index is 13.8. The van der Waals surface area contributed by atoms with Crippen LogP contribution >= 0.6 is 11.3 Å². The van der Waals surface area contributed by atoms with Gasteiger partial charge < -0.3 is 10.4 Å². The average Bonchev–Trinajstić information content (AvgIpc) is 3.22. The molecule has 3 atom stereocenters. The number of hydrogen-bond donors (Lipinski definition) is 2. The van der Waals surface area contributed by atoms with E-state index in [1.54, 1.807) is 35.6 Å². The fourth-order valence-electron chi connectivity index (χ4n) is 3.03. The first-order chi connectivity index (χ1) is 11.6. The smallest absolute Gasteiger partial charge is 0.253 e. The van der Waals surface area contributed by atoms with Gasteiger partial charge in [-0.05, 0) is 23.4 Å². The molecule has 1 unspecified atom stereocenters. The number of carbonyl (C=O) groups excluding carboxylic acids is 1. The van der Waals surface area contributed by atoms with Gasteiger partial charge in [0.05, 0.1) is 0 Å². The molecule has 1 aromatic heterocycles. The van der Waals surface area contributed by atoms with Gasteiger partial charge in [-0.2, -0.15) is 0 Å². The lowest BCUT2D eigenvalue weighted by Gasteiger charge is -2.24. The third-order valence-corrected chi connectivity index (χ3v) is 5.15. The molecular formula is C18H21FN2O2S. The summed E-state index contributed by atoms with van der Waals surface area (Å²) in [5, 5.41) is 14.9. The molecule has 1 aromatic carbocycles. The summed E-state index contributed by atoms with van der Waals surface area (Å²) in [5.74, 6) is -0.445. The summed E-state index contributed by atoms with van der Waals surface area (Å²) in [7, 11) is 0. The van der Waals surface area contributed by atoms with Crippen molar-refractivity contribution < 1.29 is 14.3 Å². The van der Waals surface area contributed by atoms with Crippen LogP contribution in [0.25, 0.3) is 0 Å². The van der Waals surface area contributed by atoms with Crippen molar-refractivity contribution in [1.82, 2.24) is 10.2 Å². The summed E-state index contributed by atoms with van der Waals surface area (Å²) >= 11 is 1.65. The van der Waals surface area contributed by atoms with Gasteiger partial charge >= 0.3 is 0 Å². The molecule has 1 fully saturated rings. The minimum atomic E-state index is -1.19. The fourth-order valence-corrected chi connectivity index (χ4v) is 3.76. The highest BCUT2D eigenvalue weighted by Crippen LogP contribution is 2.24. The average molecular weight is 348 g/mol. The van der Waals surface area contributed by atoms with E-state index >= 15 is 0 Å². The van der Waals surface area contributed by atoms with Crippen LogP contribution in [0.1, 0.15) is 23.0 Å². The Labute approximate surface area is 144 Å². The summed E-state index contributed by atoms with van der Waals surface area (Å²) in [6.45, 7) is 1.42. The van der Waals surface area contributed by atoms with Gasteiger partial charge in [-0.3, -0.25) is 9.69 Å². The first-order valence-corrected chi connectivity index (χ1v) is 8.92. The number of aliphatic hydroxyl groups excluding tert-OH is 1. The molecule has 24 heavy (non-hydrogen) atoms. The number of likely N-dealkylation sites (tertiary alicyclic amines) is 1. The predicted molar refractivity (Wildman–Crippen MR) is 92.4 cm³/mol. The van der Waals surface area contributed by atoms with Crippen molar-refractivity contribution in [3.8, 4) is 0 Å². The molecule has 0 aliphatic carbocycles. The van der Waals surface area contributed by atoms with E-state index in [2.05, 4.69) is 10.2 Å². The first kappa shape index (κ1) is 17.1. The van der Waals surface area contributed by atoms with Crippen LogP contribution in [0.3, 0.4) is 0 Å². The molecular weight excluding hydrogens is 327 g/mol. The monoisotopic (exact) mass is 348 g/mol. The number of alkyl halides is 1. The summed E-state index contributed by atoms with van der Waals surface area (Å²) < 4.78 is 13.8. The molecule has 3 rings (SSSR count). The Morgan fingerprint density at radius 1 is 1.33 bits per heavy atom. The number of aliphatic hydroxyl groups is 1. The molecule has 2 aromatic rings. The third kappa shape index (κ3) is 4.20. The molecule has 2 N–H and O–H groups in total. The number of carbonyl (C=O) groups is 1. The van der Waals surface area contributed by atoms with Gasteiger partial charge in [0.15, 0.2) is 6.10 Å². The first-order valence-electron chi connectivity index (χ1n) is 8.04. The molecule has 1 amide bonds. The van der Waals surface area contributed by atoms with Gasteiger partial charge in [0.1, 0.15) is 6.17 Å². The van der Waals surface area contributed by atoms with E-state index < -0.39 is 18.2 Å². The zero-order chi connectivity index (χ0) is 16.9. The van der Waals surface area contributed by atoms with Crippen molar-refractivity contribution >= 4 is 17.2 Å². The maximum Gasteiger partial charge on any atom is 0.253 e. The number of amides is 1. The van der Waals surface area contributed by atoms with Crippen molar-refractivity contribution in [1.29, 1.82) is 0 Å². The topological polar surface area (TPSA) is 52.6 Å². The van der Waals surface area contributed by atoms with E-state index in [9.17, 15) is 14.3 Å². The lowest BCUT2D eigenvalue weighted by atomic mass is 10.1. The number of halogens is 1. The van der Waals surface area contributed by atoms with Crippen molar-refractivity contribution in [3.05, 3.63) is 58.3 Å². The molecule has 0 spiro atoms. The lowest BCUT2D eigenvalue weighted by Crippen LogP contribution is -2.41. The Morgan fingerprint density at radius 3 is 2.83 bits per heavy atom. The Balaban J connectivity index is 1.55. The van der Waals surface area contributed by atoms with Crippen molar-refractivity contribution in [2.24, 2.45) is 0 Å². The highest BCUT2D eigenvalue weighted by molar-refractivity contribution is 7.09. The summed E-state index contributed by atoms with van der Waals surface area (Å²) in [5.41, 5.74) is 0.556. The van der Waals surface area contributed by atoms with E-state index in [1.807, 2.05) is 23.6 Å². The Kier molecular flexibility index (Phi) is 5.60. The number of thiophene rings is 1. The number of nitrogens with zero attached hydrogens (tertiary/aromatic N) is 1. The summed E-state index contributed by atoms with van der Waals surface area (Å²) in [4.78, 5) is 15.4. The van der Waals surface area contributed by atoms with E-state index in [1.165, 1.54) is 4.88 Å². The molecule has 0 saturated carbocycles. The Hall–Kier alpha value is -1.76. The quantitative estimate of drug-likeness (QED) is 0.843. The second-order valence-corrected chi connectivity index (χ2v) is 7.09. The van der Waals surface area contributed by atoms with Crippen molar-refractivity contribution in [3.63, 3.8) is 0 Å². The van der Waals surface area contributed by atoms with Crippen LogP contribution in [0.15, 0.2) is 47.8 Å². The van der Waals surface area contributed by atoms with Crippen LogP contribution in [0.5, 0.6) is 0 Å². The van der Waals surface area contributed by atoms with Gasteiger partial charge in [-0.1, -0.05) is 36.4 Å². The molecule has 1 aliphatic rings. The fraction of sp³-hybridized carbons (Fsp3) is 0.389. The van der Waals surface area contributed by atoms with E-state index in [0.717, 1.165) is 0 Å². The van der Waals surface area contributed by atoms with Crippen LogP contribution in [0.4, 0.5) is 4.39 Å². The minimum absolute atomic E-state index is 0.0472. The molecule has 0 radical (unpaired) electrons. The van der Waals surface area contributed by atoms with Gasteiger partial charge in [0, 0.05) is 30.6 Å². The molecule has 0 bridgehead atoms. The SMILES string of the molecule is O=C(NC[C@@H]1C[C@H](F)CN1Cc1cccs1)C(O)c1ccccc1. The third-order valence-electron chi connectivity index (χ3n) is 4.29. The summed E-state index contributed by atoms with van der Waals surface area (Å²) in [6.07, 6.45) is -1.65. The summed E-state index contributed by atoms with van der Waals surface area (Å²) in [6, 6.07) is 12.8. The molecule has 2 heterocycles. The molecule has 128 valence electrons. The zero-order valence-electron chi connectivity index (χ0n) is 13.3. The second-order valence-electron chi connectivity index (χ2n) is 6.05. The largest absolute Gasteiger partial charge is 0.378 e. The van der Waals surface area contributed by atoms with Crippen molar-refractivity contribution in [2.75, 3.05) is 13.1 Å². The normalized spacial score (nSPS) is 22.4. The zero-order valence-corrected chi connectivity index (χ0v) is 14.1. The van der Waals surface area contributed by atoms with Crippen LogP contribution < -0.4 is 5.32 Å². The van der Waals surface area contributed by atoms with E-state index in [4.69, 9.17) is 0 Å². The van der Waals surface area contributed by atoms with E-state index in [-0.39, 0.29) is 6.04 Å². The predicted octanol–water partition coefficient (Wildman–Crippen LogP) is 2.51. The molecule has 1 saturated heterocycles. The second kappa shape index (κ2) is 7.88. The van der Waals surface area contributed by atoms with Crippen LogP contribution in [0.2, 0.25) is 0 Å². The maximum absolute atomic E-state index is 13.8. The molecule has 1 aliphatic heterocycles. The number of rotatable bonds is 6. The van der Waals surface area contributed by atoms with Gasteiger partial charge in [0.2, 0.25) is 0 Å². The standard InChI is InChI=1S/C18H21FN2O2S/c19-14-9-15(21(11-14)12-16-7-4-8-24-16)10-20-18(23)17(22)13-5-2-1-3-6-13/h1-8,14-15,17,22H,9-12H2,(H,20,23)/t14-,15-,17?/m0/s1. The highest BCUT2D eigenvalue weighted by atomic mass is 32.1. The Morgan fingerprint density at radius 2 is 2.12 bits per heavy atom. The molecule has 4 nitrogen and oxygen atoms in total. The van der Waals surface area contributed by atoms with E-state index in [0.29, 0.717) is 31.6 Å². The van der Waals surface area contributed by atoms with Gasteiger partial charge in [-0.15, -0.1) is 11.3 Å². The minimum Gasteiger partial charge on any atom is -0.378 e. The van der Waals surface area contributed by atoms with Gasteiger partial charge in [0.25, 0.3) is 5.91 Å². The number of hydrogen-bond acceptors (Lipinski definition) is 4. The van der Waals surface area contributed by atoms with Gasteiger partial charge in [-0.25, -0.2) is 4.39 Å².